The van der Waals surface area contributed by atoms with Gasteiger partial charge in [0.1, 0.15) is 0 Å². The predicted molar refractivity (Wildman–Crippen MR) is 412 cm³/mol. The summed E-state index contributed by atoms with van der Waals surface area (Å²) in [6, 6.07) is -0.626. The number of esters is 1. The Labute approximate surface area is 582 Å². The van der Waals surface area contributed by atoms with E-state index in [1.54, 1.807) is 6.08 Å². The maximum Gasteiger partial charge on any atom is 0.305 e. The van der Waals surface area contributed by atoms with Crippen molar-refractivity contribution in [2.75, 3.05) is 13.2 Å². The van der Waals surface area contributed by atoms with Crippen LogP contribution in [0, 0.1) is 0 Å². The van der Waals surface area contributed by atoms with Gasteiger partial charge in [0.2, 0.25) is 5.91 Å². The number of rotatable bonds is 80. The van der Waals surface area contributed by atoms with Crippen molar-refractivity contribution < 1.29 is 24.5 Å². The molecule has 0 aromatic carbocycles. The molecular weight excluding hydrogens is 1140 g/mol. The lowest BCUT2D eigenvalue weighted by atomic mass is 10.0. The average molecular weight is 1310 g/mol. The molecular formula is C87H165NO5. The minimum absolute atomic E-state index is 0.0145. The van der Waals surface area contributed by atoms with Crippen LogP contribution < -0.4 is 5.32 Å². The highest BCUT2D eigenvalue weighted by Crippen LogP contribution is 2.20. The largest absolute Gasteiger partial charge is 0.466 e. The summed E-state index contributed by atoms with van der Waals surface area (Å²) < 4.78 is 5.51. The Balaban J connectivity index is 3.35. The summed E-state index contributed by atoms with van der Waals surface area (Å²) >= 11 is 0. The lowest BCUT2D eigenvalue weighted by Crippen LogP contribution is -2.45. The standard InChI is InChI=1S/C87H165NO5/c1-3-5-7-9-11-13-15-17-19-21-23-41-44-47-51-55-59-63-67-71-75-79-85(90)84(83-89)88-86(91)80-76-72-68-64-60-56-52-48-45-42-39-37-35-33-31-29-27-25-24-26-28-30-32-34-36-38-40-43-46-50-54-58-62-66-70-74-78-82-93-87(92)81-77-73-69-65-61-57-53-49-22-20-18-16-14-12-10-8-6-4-2/h14,16,20,22,24,26,75,79,84-85,89-90H,3-13,15,17-19,21,23,25,27-74,76-78,80-83H2,1-2H3,(H,88,91)/b16-14-,22-20-,26-24-,79-75+. The van der Waals surface area contributed by atoms with Crippen molar-refractivity contribution in [3.05, 3.63) is 48.6 Å². The summed E-state index contributed by atoms with van der Waals surface area (Å²) in [7, 11) is 0. The van der Waals surface area contributed by atoms with Crippen molar-refractivity contribution in [2.24, 2.45) is 0 Å². The van der Waals surface area contributed by atoms with Crippen LogP contribution in [0.15, 0.2) is 48.6 Å². The first-order chi connectivity index (χ1) is 46.0. The fourth-order valence-electron chi connectivity index (χ4n) is 13.4. The van der Waals surface area contributed by atoms with E-state index in [9.17, 15) is 19.8 Å². The number of allylic oxidation sites excluding steroid dienone is 7. The minimum atomic E-state index is -0.843. The van der Waals surface area contributed by atoms with Gasteiger partial charge in [-0.2, -0.15) is 0 Å². The number of hydrogen-bond acceptors (Lipinski definition) is 5. The van der Waals surface area contributed by atoms with E-state index >= 15 is 0 Å². The fourth-order valence-corrected chi connectivity index (χ4v) is 13.4. The molecule has 0 fully saturated rings. The molecule has 0 spiro atoms. The first-order valence-corrected chi connectivity index (χ1v) is 42.4. The number of nitrogens with one attached hydrogen (secondary N) is 1. The van der Waals surface area contributed by atoms with Gasteiger partial charge in [0.15, 0.2) is 0 Å². The molecule has 1 amide bonds. The second-order valence-corrected chi connectivity index (χ2v) is 29.2. The quantitative estimate of drug-likeness (QED) is 0.0320. The number of aliphatic hydroxyl groups excluding tert-OH is 2. The van der Waals surface area contributed by atoms with Crippen molar-refractivity contribution in [1.82, 2.24) is 5.32 Å². The van der Waals surface area contributed by atoms with E-state index in [4.69, 9.17) is 4.74 Å². The summed E-state index contributed by atoms with van der Waals surface area (Å²) in [4.78, 5) is 24.7. The van der Waals surface area contributed by atoms with Gasteiger partial charge < -0.3 is 20.3 Å². The molecule has 0 aliphatic rings. The number of ether oxygens (including phenoxy) is 1. The van der Waals surface area contributed by atoms with Crippen LogP contribution in [-0.4, -0.2) is 47.4 Å². The van der Waals surface area contributed by atoms with Gasteiger partial charge in [0, 0.05) is 12.8 Å². The van der Waals surface area contributed by atoms with E-state index in [-0.39, 0.29) is 18.5 Å². The van der Waals surface area contributed by atoms with E-state index in [2.05, 4.69) is 55.6 Å². The molecule has 2 unspecified atom stereocenters. The van der Waals surface area contributed by atoms with Crippen molar-refractivity contribution >= 4 is 11.9 Å². The molecule has 0 saturated carbocycles. The van der Waals surface area contributed by atoms with E-state index < -0.39 is 12.1 Å². The summed E-state index contributed by atoms with van der Waals surface area (Å²) in [6.07, 6.45) is 110. The molecule has 3 N–H and O–H groups in total. The Hall–Kier alpha value is -2.18. The highest BCUT2D eigenvalue weighted by Gasteiger charge is 2.18. The molecule has 0 aromatic rings. The molecule has 93 heavy (non-hydrogen) atoms. The Morgan fingerprint density at radius 1 is 0.301 bits per heavy atom. The fraction of sp³-hybridized carbons (Fsp3) is 0.885. The average Bonchev–Trinajstić information content (AvgIpc) is 3.78. The van der Waals surface area contributed by atoms with E-state index in [0.29, 0.717) is 19.4 Å². The molecule has 0 heterocycles. The van der Waals surface area contributed by atoms with Crippen LogP contribution in [0.4, 0.5) is 0 Å². The van der Waals surface area contributed by atoms with Crippen molar-refractivity contribution in [1.29, 1.82) is 0 Å². The maximum atomic E-state index is 12.6. The zero-order chi connectivity index (χ0) is 67.0. The van der Waals surface area contributed by atoms with Gasteiger partial charge in [-0.3, -0.25) is 9.59 Å². The lowest BCUT2D eigenvalue weighted by Gasteiger charge is -2.20. The van der Waals surface area contributed by atoms with Gasteiger partial charge in [0.25, 0.3) is 0 Å². The van der Waals surface area contributed by atoms with Gasteiger partial charge in [-0.05, 0) is 89.9 Å². The van der Waals surface area contributed by atoms with Gasteiger partial charge in [-0.25, -0.2) is 0 Å². The van der Waals surface area contributed by atoms with Gasteiger partial charge in [-0.15, -0.1) is 0 Å². The minimum Gasteiger partial charge on any atom is -0.466 e. The number of unbranched alkanes of at least 4 members (excludes halogenated alkanes) is 63. The first-order valence-electron chi connectivity index (χ1n) is 42.4. The first kappa shape index (κ1) is 90.8. The van der Waals surface area contributed by atoms with Crippen molar-refractivity contribution in [3.63, 3.8) is 0 Å². The lowest BCUT2D eigenvalue weighted by molar-refractivity contribution is -0.143. The van der Waals surface area contributed by atoms with Gasteiger partial charge in [-0.1, -0.05) is 416 Å². The maximum absolute atomic E-state index is 12.6. The number of carbonyl (C=O) groups is 2. The normalized spacial score (nSPS) is 12.7. The molecule has 0 bridgehead atoms. The van der Waals surface area contributed by atoms with Crippen molar-refractivity contribution in [3.8, 4) is 0 Å². The second-order valence-electron chi connectivity index (χ2n) is 29.2. The van der Waals surface area contributed by atoms with Crippen LogP contribution in [0.2, 0.25) is 0 Å². The molecule has 0 rings (SSSR count). The number of aliphatic hydroxyl groups is 2. The topological polar surface area (TPSA) is 95.9 Å². The zero-order valence-electron chi connectivity index (χ0n) is 63.0. The third kappa shape index (κ3) is 78.7. The SMILES string of the molecule is CCCCCC/C=C\C/C=C\CCCCCCCCCC(=O)OCCCCCCCCCCCCCCCCCC/C=C\CCCCCCCCCCCCCCCCCCCC(=O)NC(CO)C(O)/C=C/CCCCCCCCCCCCCCCCCCCCC. The van der Waals surface area contributed by atoms with Crippen LogP contribution >= 0.6 is 0 Å². The third-order valence-electron chi connectivity index (χ3n) is 19.8. The summed E-state index contributed by atoms with van der Waals surface area (Å²) in [5, 5.41) is 23.3. The monoisotopic (exact) mass is 1300 g/mol. The van der Waals surface area contributed by atoms with Crippen LogP contribution in [-0.2, 0) is 14.3 Å². The van der Waals surface area contributed by atoms with E-state index in [0.717, 1.165) is 51.4 Å². The molecule has 0 saturated heterocycles. The highest BCUT2D eigenvalue weighted by molar-refractivity contribution is 5.76. The Morgan fingerprint density at radius 3 is 0.839 bits per heavy atom. The van der Waals surface area contributed by atoms with Crippen LogP contribution in [0.5, 0.6) is 0 Å². The van der Waals surface area contributed by atoms with E-state index in [1.165, 1.54) is 392 Å². The summed E-state index contributed by atoms with van der Waals surface area (Å²) in [5.41, 5.74) is 0. The predicted octanol–water partition coefficient (Wildman–Crippen LogP) is 28.3. The third-order valence-corrected chi connectivity index (χ3v) is 19.8. The van der Waals surface area contributed by atoms with E-state index in [1.807, 2.05) is 6.08 Å². The number of hydrogen-bond donors (Lipinski definition) is 3. The molecule has 0 aliphatic heterocycles. The molecule has 0 aliphatic carbocycles. The van der Waals surface area contributed by atoms with Crippen LogP contribution in [0.25, 0.3) is 0 Å². The second kappa shape index (κ2) is 82.2. The molecule has 0 aromatic heterocycles. The smallest absolute Gasteiger partial charge is 0.305 e. The van der Waals surface area contributed by atoms with Crippen molar-refractivity contribution in [2.45, 2.75) is 482 Å². The Bertz CT molecular complexity index is 1550. The zero-order valence-corrected chi connectivity index (χ0v) is 63.0. The number of carbonyl (C=O) groups excluding carboxylic acids is 2. The molecule has 2 atom stereocenters. The van der Waals surface area contributed by atoms with Crippen LogP contribution in [0.3, 0.4) is 0 Å². The molecule has 0 radical (unpaired) electrons. The molecule has 6 nitrogen and oxygen atoms in total. The Kier molecular flexibility index (Phi) is 80.3. The molecule has 548 valence electrons. The Morgan fingerprint density at radius 2 is 0.538 bits per heavy atom. The molecule has 6 heteroatoms. The van der Waals surface area contributed by atoms with Gasteiger partial charge in [0.05, 0.1) is 25.4 Å². The van der Waals surface area contributed by atoms with Gasteiger partial charge >= 0.3 is 5.97 Å². The summed E-state index contributed by atoms with van der Waals surface area (Å²) in [6.45, 7) is 4.93. The van der Waals surface area contributed by atoms with Crippen LogP contribution in [0.1, 0.15) is 470 Å². The summed E-state index contributed by atoms with van der Waals surface area (Å²) in [5.74, 6) is -0.0449. The highest BCUT2D eigenvalue weighted by atomic mass is 16.5. The number of amides is 1.